The van der Waals surface area contributed by atoms with E-state index >= 15 is 0 Å². The first-order valence-electron chi connectivity index (χ1n) is 11.7. The number of methoxy groups -OCH3 is 1. The zero-order chi connectivity index (χ0) is 25.3. The Balaban J connectivity index is 1.41. The van der Waals surface area contributed by atoms with Crippen molar-refractivity contribution in [3.63, 3.8) is 0 Å². The Morgan fingerprint density at radius 3 is 2.56 bits per heavy atom. The molecular weight excluding hydrogens is 494 g/mol. The van der Waals surface area contributed by atoms with E-state index in [1.54, 1.807) is 7.11 Å². The minimum atomic E-state index is -3.67. The van der Waals surface area contributed by atoms with E-state index in [-0.39, 0.29) is 4.90 Å². The molecule has 0 atom stereocenters. The molecule has 0 saturated heterocycles. The summed E-state index contributed by atoms with van der Waals surface area (Å²) in [5.74, 6) is -0.416. The molecule has 186 valence electrons. The van der Waals surface area contributed by atoms with E-state index in [1.807, 2.05) is 47.9 Å². The second kappa shape index (κ2) is 10.1. The lowest BCUT2D eigenvalue weighted by molar-refractivity contribution is 0.0997. The predicted molar refractivity (Wildman–Crippen MR) is 141 cm³/mol. The molecule has 36 heavy (non-hydrogen) atoms. The average Bonchev–Trinajstić information content (AvgIpc) is 3.22. The van der Waals surface area contributed by atoms with E-state index < -0.39 is 15.9 Å². The number of thiazole rings is 1. The zero-order valence-electron chi connectivity index (χ0n) is 20.2. The van der Waals surface area contributed by atoms with Crippen molar-refractivity contribution in [3.8, 4) is 0 Å². The first kappa shape index (κ1) is 24.6. The molecule has 1 amide bonds. The Hall–Kier alpha value is -3.11. The number of aryl methyl sites for hydroxylation is 1. The van der Waals surface area contributed by atoms with Gasteiger partial charge in [-0.2, -0.15) is 9.30 Å². The molecule has 3 aromatic carbocycles. The van der Waals surface area contributed by atoms with Crippen molar-refractivity contribution in [2.75, 3.05) is 20.3 Å². The summed E-state index contributed by atoms with van der Waals surface area (Å²) in [5, 5.41) is 0. The van der Waals surface area contributed by atoms with Crippen LogP contribution in [0.2, 0.25) is 0 Å². The minimum absolute atomic E-state index is 0.172. The van der Waals surface area contributed by atoms with Gasteiger partial charge >= 0.3 is 0 Å². The van der Waals surface area contributed by atoms with Crippen molar-refractivity contribution in [1.29, 1.82) is 0 Å². The summed E-state index contributed by atoms with van der Waals surface area (Å²) in [6.45, 7) is 3.87. The minimum Gasteiger partial charge on any atom is -0.383 e. The smallest absolute Gasteiger partial charge is 0.279 e. The largest absolute Gasteiger partial charge is 0.383 e. The van der Waals surface area contributed by atoms with Gasteiger partial charge in [-0.15, -0.1) is 0 Å². The van der Waals surface area contributed by atoms with Crippen LogP contribution in [0.25, 0.3) is 10.2 Å². The summed E-state index contributed by atoms with van der Waals surface area (Å²) in [4.78, 5) is 18.2. The number of hydrogen-bond donors (Lipinski definition) is 0. The number of nitrogens with zero attached hydrogens (tertiary/aromatic N) is 3. The Bertz CT molecular complexity index is 1600. The van der Waals surface area contributed by atoms with Gasteiger partial charge in [-0.25, -0.2) is 8.42 Å². The highest BCUT2D eigenvalue weighted by Crippen LogP contribution is 2.25. The maximum Gasteiger partial charge on any atom is 0.279 e. The Labute approximate surface area is 214 Å². The molecule has 5 rings (SSSR count). The van der Waals surface area contributed by atoms with Crippen LogP contribution >= 0.6 is 11.3 Å². The Kier molecular flexibility index (Phi) is 6.90. The standard InChI is InChI=1S/C27H27N3O4S2/c1-19-7-12-24-25(17-19)35-27(30(24)15-16-34-2)28-26(31)21-8-10-23(11-9-21)36(32,33)29-14-13-20-5-3-4-6-22(20)18-29/h3-12,17H,13-16,18H2,1-2H3. The molecule has 0 unspecified atom stereocenters. The van der Waals surface area contributed by atoms with E-state index in [9.17, 15) is 13.2 Å². The van der Waals surface area contributed by atoms with Crippen molar-refractivity contribution in [1.82, 2.24) is 8.87 Å². The first-order chi connectivity index (χ1) is 17.4. The number of rotatable bonds is 6. The number of carbonyl (C=O) groups is 1. The van der Waals surface area contributed by atoms with Crippen LogP contribution in [0.1, 0.15) is 27.0 Å². The fourth-order valence-electron chi connectivity index (χ4n) is 4.41. The molecule has 0 aliphatic carbocycles. The van der Waals surface area contributed by atoms with Gasteiger partial charge < -0.3 is 9.30 Å². The fourth-order valence-corrected chi connectivity index (χ4v) is 6.98. The number of carbonyl (C=O) groups excluding carboxylic acids is 1. The average molecular weight is 522 g/mol. The third kappa shape index (κ3) is 4.79. The molecule has 0 fully saturated rings. The molecule has 0 spiro atoms. The summed E-state index contributed by atoms with van der Waals surface area (Å²) in [5.41, 5.74) is 4.68. The molecule has 1 aliphatic rings. The molecular formula is C27H27N3O4S2. The van der Waals surface area contributed by atoms with Gasteiger partial charge in [0.1, 0.15) is 0 Å². The topological polar surface area (TPSA) is 81.0 Å². The van der Waals surface area contributed by atoms with Crippen LogP contribution in [-0.2, 0) is 34.3 Å². The molecule has 0 bridgehead atoms. The van der Waals surface area contributed by atoms with Gasteiger partial charge in [0.25, 0.3) is 5.91 Å². The van der Waals surface area contributed by atoms with Crippen LogP contribution in [0.3, 0.4) is 0 Å². The van der Waals surface area contributed by atoms with Crippen LogP contribution in [-0.4, -0.2) is 43.5 Å². The molecule has 1 aliphatic heterocycles. The van der Waals surface area contributed by atoms with Crippen LogP contribution in [0, 0.1) is 6.92 Å². The van der Waals surface area contributed by atoms with E-state index in [2.05, 4.69) is 11.1 Å². The van der Waals surface area contributed by atoms with Crippen molar-refractivity contribution in [2.24, 2.45) is 4.99 Å². The third-order valence-electron chi connectivity index (χ3n) is 6.39. The molecule has 0 radical (unpaired) electrons. The van der Waals surface area contributed by atoms with Gasteiger partial charge in [0.05, 0.1) is 21.7 Å². The summed E-state index contributed by atoms with van der Waals surface area (Å²) >= 11 is 1.45. The molecule has 0 N–H and O–H groups in total. The molecule has 7 nitrogen and oxygen atoms in total. The quantitative estimate of drug-likeness (QED) is 0.382. The van der Waals surface area contributed by atoms with E-state index in [0.717, 1.165) is 21.3 Å². The monoisotopic (exact) mass is 521 g/mol. The van der Waals surface area contributed by atoms with Gasteiger partial charge in [0, 0.05) is 32.3 Å². The number of hydrogen-bond acceptors (Lipinski definition) is 5. The van der Waals surface area contributed by atoms with Gasteiger partial charge in [0.15, 0.2) is 4.80 Å². The lowest BCUT2D eigenvalue weighted by Gasteiger charge is -2.28. The zero-order valence-corrected chi connectivity index (χ0v) is 21.8. The number of amides is 1. The van der Waals surface area contributed by atoms with Crippen molar-refractivity contribution in [3.05, 3.63) is 93.8 Å². The predicted octanol–water partition coefficient (Wildman–Crippen LogP) is 4.15. The lowest BCUT2D eigenvalue weighted by atomic mass is 10.0. The molecule has 2 heterocycles. The summed E-state index contributed by atoms with van der Waals surface area (Å²) in [7, 11) is -2.03. The third-order valence-corrected chi connectivity index (χ3v) is 9.29. The van der Waals surface area contributed by atoms with E-state index in [0.29, 0.717) is 43.0 Å². The molecule has 9 heteroatoms. The summed E-state index contributed by atoms with van der Waals surface area (Å²) < 4.78 is 36.3. The SMILES string of the molecule is COCCn1c(=NC(=O)c2ccc(S(=O)(=O)N3CCc4ccccc4C3)cc2)sc2cc(C)ccc21. The van der Waals surface area contributed by atoms with Gasteiger partial charge in [0.2, 0.25) is 10.0 Å². The van der Waals surface area contributed by atoms with E-state index in [1.165, 1.54) is 45.5 Å². The van der Waals surface area contributed by atoms with Crippen molar-refractivity contribution in [2.45, 2.75) is 31.3 Å². The van der Waals surface area contributed by atoms with Crippen molar-refractivity contribution >= 4 is 37.5 Å². The van der Waals surface area contributed by atoms with Gasteiger partial charge in [-0.1, -0.05) is 41.7 Å². The van der Waals surface area contributed by atoms with Crippen molar-refractivity contribution < 1.29 is 17.9 Å². The van der Waals surface area contributed by atoms with Crippen LogP contribution < -0.4 is 4.80 Å². The number of benzene rings is 3. The highest BCUT2D eigenvalue weighted by atomic mass is 32.2. The Morgan fingerprint density at radius 1 is 1.06 bits per heavy atom. The Morgan fingerprint density at radius 2 is 1.81 bits per heavy atom. The normalized spacial score (nSPS) is 14.8. The van der Waals surface area contributed by atoms with E-state index in [4.69, 9.17) is 4.74 Å². The van der Waals surface area contributed by atoms with Gasteiger partial charge in [-0.05, 0) is 66.4 Å². The summed E-state index contributed by atoms with van der Waals surface area (Å²) in [6.07, 6.45) is 0.683. The van der Waals surface area contributed by atoms with Crippen LogP contribution in [0.5, 0.6) is 0 Å². The highest BCUT2D eigenvalue weighted by Gasteiger charge is 2.28. The van der Waals surface area contributed by atoms with Crippen LogP contribution in [0.15, 0.2) is 76.6 Å². The molecule has 4 aromatic rings. The first-order valence-corrected chi connectivity index (χ1v) is 14.0. The second-order valence-corrected chi connectivity index (χ2v) is 11.7. The number of ether oxygens (including phenoxy) is 1. The maximum atomic E-state index is 13.2. The van der Waals surface area contributed by atoms with Crippen LogP contribution in [0.4, 0.5) is 0 Å². The molecule has 1 aromatic heterocycles. The number of aromatic nitrogens is 1. The fraction of sp³-hybridized carbons (Fsp3) is 0.259. The number of sulfonamides is 1. The number of fused-ring (bicyclic) bond motifs is 2. The lowest BCUT2D eigenvalue weighted by Crippen LogP contribution is -2.35. The van der Waals surface area contributed by atoms with Gasteiger partial charge in [-0.3, -0.25) is 4.79 Å². The summed E-state index contributed by atoms with van der Waals surface area (Å²) in [6, 6.07) is 20.1. The molecule has 0 saturated carbocycles. The highest BCUT2D eigenvalue weighted by molar-refractivity contribution is 7.89. The second-order valence-electron chi connectivity index (χ2n) is 8.80. The maximum absolute atomic E-state index is 13.2.